The lowest BCUT2D eigenvalue weighted by Gasteiger charge is -1.92. The van der Waals surface area contributed by atoms with Crippen LogP contribution in [0.4, 0.5) is 0 Å². The minimum atomic E-state index is -0.257. The Kier molecular flexibility index (Phi) is 2.91. The van der Waals surface area contributed by atoms with Crippen LogP contribution in [0.3, 0.4) is 0 Å². The van der Waals surface area contributed by atoms with Crippen molar-refractivity contribution in [3.05, 3.63) is 58.7 Å². The molecule has 0 unspecified atom stereocenters. The zero-order chi connectivity index (χ0) is 13.4. The number of benzene rings is 1. The molecule has 0 bridgehead atoms. The fraction of sp³-hybridized carbons (Fsp3) is 0.133. The van der Waals surface area contributed by atoms with Gasteiger partial charge in [-0.25, -0.2) is 0 Å². The molecule has 0 saturated heterocycles. The van der Waals surface area contributed by atoms with Gasteiger partial charge < -0.3 is 8.83 Å². The quantitative estimate of drug-likeness (QED) is 0.662. The summed E-state index contributed by atoms with van der Waals surface area (Å²) < 4.78 is 10.9. The highest BCUT2D eigenvalue weighted by Gasteiger charge is 2.18. The third-order valence-corrected chi connectivity index (χ3v) is 3.17. The van der Waals surface area contributed by atoms with Crippen molar-refractivity contribution in [3.8, 4) is 0 Å². The number of furan rings is 2. The van der Waals surface area contributed by atoms with Crippen LogP contribution in [0.2, 0.25) is 5.02 Å². The second kappa shape index (κ2) is 4.59. The highest BCUT2D eigenvalue weighted by Crippen LogP contribution is 2.25. The summed E-state index contributed by atoms with van der Waals surface area (Å²) in [5.74, 6) is 1.07. The predicted octanol–water partition coefficient (Wildman–Crippen LogP) is 4.47. The standard InChI is InChI=1S/C15H11ClO3/c1-2-11-4-6-13(18-11)15(17)14-8-9-7-10(16)3-5-12(9)19-14/h3-8H,2H2,1H3. The van der Waals surface area contributed by atoms with E-state index in [9.17, 15) is 4.79 Å². The second-order valence-corrected chi connectivity index (χ2v) is 4.68. The molecule has 3 rings (SSSR count). The number of halogens is 1. The Balaban J connectivity index is 2.01. The Hall–Kier alpha value is -2.00. The summed E-state index contributed by atoms with van der Waals surface area (Å²) in [7, 11) is 0. The average molecular weight is 275 g/mol. The van der Waals surface area contributed by atoms with Gasteiger partial charge in [-0.2, -0.15) is 0 Å². The topological polar surface area (TPSA) is 43.4 Å². The highest BCUT2D eigenvalue weighted by molar-refractivity contribution is 6.31. The van der Waals surface area contributed by atoms with Crippen LogP contribution in [0.1, 0.15) is 29.0 Å². The predicted molar refractivity (Wildman–Crippen MR) is 72.7 cm³/mol. The van der Waals surface area contributed by atoms with E-state index in [0.717, 1.165) is 17.6 Å². The van der Waals surface area contributed by atoms with Gasteiger partial charge in [-0.05, 0) is 36.4 Å². The van der Waals surface area contributed by atoms with E-state index in [1.165, 1.54) is 0 Å². The molecule has 96 valence electrons. The molecule has 19 heavy (non-hydrogen) atoms. The number of hydrogen-bond acceptors (Lipinski definition) is 3. The molecule has 0 amide bonds. The monoisotopic (exact) mass is 274 g/mol. The lowest BCUT2D eigenvalue weighted by Crippen LogP contribution is -1.96. The molecule has 4 heteroatoms. The third kappa shape index (κ3) is 2.17. The Labute approximate surface area is 114 Å². The maximum atomic E-state index is 12.2. The van der Waals surface area contributed by atoms with Crippen molar-refractivity contribution in [1.82, 2.24) is 0 Å². The molecule has 0 radical (unpaired) electrons. The SMILES string of the molecule is CCc1ccc(C(=O)c2cc3cc(Cl)ccc3o2)o1. The van der Waals surface area contributed by atoms with Gasteiger partial charge in [0.1, 0.15) is 11.3 Å². The number of ketones is 1. The highest BCUT2D eigenvalue weighted by atomic mass is 35.5. The first kappa shape index (κ1) is 12.1. The van der Waals surface area contributed by atoms with Crippen molar-refractivity contribution < 1.29 is 13.6 Å². The summed E-state index contributed by atoms with van der Waals surface area (Å²) in [5.41, 5.74) is 0.634. The van der Waals surface area contributed by atoms with Crippen molar-refractivity contribution in [2.24, 2.45) is 0 Å². The van der Waals surface area contributed by atoms with Crippen LogP contribution < -0.4 is 0 Å². The number of aryl methyl sites for hydroxylation is 1. The smallest absolute Gasteiger partial charge is 0.263 e. The molecular weight excluding hydrogens is 264 g/mol. The summed E-state index contributed by atoms with van der Waals surface area (Å²) >= 11 is 5.90. The summed E-state index contributed by atoms with van der Waals surface area (Å²) in [4.78, 5) is 12.2. The summed E-state index contributed by atoms with van der Waals surface area (Å²) in [5, 5.41) is 1.41. The molecular formula is C15H11ClO3. The molecule has 0 atom stereocenters. The van der Waals surface area contributed by atoms with E-state index < -0.39 is 0 Å². The van der Waals surface area contributed by atoms with Gasteiger partial charge in [0, 0.05) is 16.8 Å². The lowest BCUT2D eigenvalue weighted by molar-refractivity contribution is 0.0983. The zero-order valence-corrected chi connectivity index (χ0v) is 11.0. The van der Waals surface area contributed by atoms with Crippen LogP contribution in [0.5, 0.6) is 0 Å². The van der Waals surface area contributed by atoms with Gasteiger partial charge in [0.15, 0.2) is 11.5 Å². The number of fused-ring (bicyclic) bond motifs is 1. The first-order valence-corrected chi connectivity index (χ1v) is 6.37. The van der Waals surface area contributed by atoms with E-state index in [4.69, 9.17) is 20.4 Å². The van der Waals surface area contributed by atoms with Crippen LogP contribution >= 0.6 is 11.6 Å². The fourth-order valence-electron chi connectivity index (χ4n) is 1.94. The van der Waals surface area contributed by atoms with Crippen molar-refractivity contribution in [2.45, 2.75) is 13.3 Å². The zero-order valence-electron chi connectivity index (χ0n) is 10.3. The van der Waals surface area contributed by atoms with E-state index in [2.05, 4.69) is 0 Å². The van der Waals surface area contributed by atoms with Crippen LogP contribution in [0.25, 0.3) is 11.0 Å². The molecule has 0 aliphatic rings. The summed E-state index contributed by atoms with van der Waals surface area (Å²) in [6.45, 7) is 1.97. The van der Waals surface area contributed by atoms with Gasteiger partial charge >= 0.3 is 0 Å². The molecule has 1 aromatic carbocycles. The van der Waals surface area contributed by atoms with E-state index in [1.807, 2.05) is 6.92 Å². The largest absolute Gasteiger partial charge is 0.457 e. The van der Waals surface area contributed by atoms with Gasteiger partial charge in [-0.3, -0.25) is 4.79 Å². The molecule has 0 fully saturated rings. The second-order valence-electron chi connectivity index (χ2n) is 4.24. The molecule has 0 aliphatic heterocycles. The van der Waals surface area contributed by atoms with E-state index in [-0.39, 0.29) is 11.5 Å². The Morgan fingerprint density at radius 1 is 1.11 bits per heavy atom. The Morgan fingerprint density at radius 3 is 2.68 bits per heavy atom. The summed E-state index contributed by atoms with van der Waals surface area (Å²) in [6.07, 6.45) is 0.753. The Morgan fingerprint density at radius 2 is 1.95 bits per heavy atom. The number of rotatable bonds is 3. The minimum Gasteiger partial charge on any atom is -0.457 e. The molecule has 2 heterocycles. The molecule has 0 N–H and O–H groups in total. The van der Waals surface area contributed by atoms with Crippen LogP contribution in [-0.4, -0.2) is 5.78 Å². The van der Waals surface area contributed by atoms with Gasteiger partial charge in [-0.15, -0.1) is 0 Å². The van der Waals surface area contributed by atoms with Gasteiger partial charge in [0.05, 0.1) is 0 Å². The maximum Gasteiger partial charge on any atom is 0.263 e. The van der Waals surface area contributed by atoms with Crippen molar-refractivity contribution in [1.29, 1.82) is 0 Å². The van der Waals surface area contributed by atoms with Gasteiger partial charge in [-0.1, -0.05) is 18.5 Å². The number of carbonyl (C=O) groups excluding carboxylic acids is 1. The maximum absolute atomic E-state index is 12.2. The fourth-order valence-corrected chi connectivity index (χ4v) is 2.12. The number of hydrogen-bond donors (Lipinski definition) is 0. The lowest BCUT2D eigenvalue weighted by atomic mass is 10.2. The average Bonchev–Trinajstić information content (AvgIpc) is 3.03. The van der Waals surface area contributed by atoms with Crippen LogP contribution in [-0.2, 0) is 6.42 Å². The first-order chi connectivity index (χ1) is 9.17. The van der Waals surface area contributed by atoms with Crippen molar-refractivity contribution >= 4 is 28.4 Å². The van der Waals surface area contributed by atoms with Crippen LogP contribution in [0.15, 0.2) is 45.2 Å². The molecule has 3 aromatic rings. The van der Waals surface area contributed by atoms with Crippen molar-refractivity contribution in [2.75, 3.05) is 0 Å². The molecule has 0 spiro atoms. The molecule has 0 aliphatic carbocycles. The van der Waals surface area contributed by atoms with Gasteiger partial charge in [0.25, 0.3) is 5.78 Å². The Bertz CT molecular complexity index is 752. The molecule has 3 nitrogen and oxygen atoms in total. The van der Waals surface area contributed by atoms with E-state index in [1.54, 1.807) is 36.4 Å². The molecule has 0 saturated carbocycles. The van der Waals surface area contributed by atoms with Gasteiger partial charge in [0.2, 0.25) is 0 Å². The summed E-state index contributed by atoms with van der Waals surface area (Å²) in [6, 6.07) is 10.4. The van der Waals surface area contributed by atoms with Crippen molar-refractivity contribution in [3.63, 3.8) is 0 Å². The normalized spacial score (nSPS) is 11.1. The first-order valence-electron chi connectivity index (χ1n) is 6.00. The van der Waals surface area contributed by atoms with E-state index in [0.29, 0.717) is 16.4 Å². The third-order valence-electron chi connectivity index (χ3n) is 2.94. The minimum absolute atomic E-state index is 0.257. The number of carbonyl (C=O) groups is 1. The molecule has 2 aromatic heterocycles. The van der Waals surface area contributed by atoms with Crippen LogP contribution in [0, 0.1) is 0 Å². The van der Waals surface area contributed by atoms with E-state index >= 15 is 0 Å².